The lowest BCUT2D eigenvalue weighted by atomic mass is 10.1. The van der Waals surface area contributed by atoms with Crippen molar-refractivity contribution in [3.8, 4) is 0 Å². The van der Waals surface area contributed by atoms with E-state index in [-0.39, 0.29) is 12.1 Å². The average molecular weight is 272 g/mol. The zero-order valence-corrected chi connectivity index (χ0v) is 12.0. The maximum Gasteiger partial charge on any atom is 0.0591 e. The Kier molecular flexibility index (Phi) is 4.36. The third kappa shape index (κ3) is 3.16. The van der Waals surface area contributed by atoms with Gasteiger partial charge in [-0.3, -0.25) is 9.11 Å². The molecule has 5 heteroatoms. The molecular formula is C12H20N2OS2. The fraction of sp³-hybridized carbons (Fsp3) is 0.667. The number of nitrogens with zero attached hydrogens (tertiary/aromatic N) is 1. The molecule has 3 nitrogen and oxygen atoms in total. The number of nitrogens with two attached hydrogens (primary N) is 1. The highest BCUT2D eigenvalue weighted by Crippen LogP contribution is 2.30. The van der Waals surface area contributed by atoms with E-state index < -0.39 is 10.8 Å². The van der Waals surface area contributed by atoms with Crippen LogP contribution in [-0.4, -0.2) is 39.7 Å². The molecule has 0 bridgehead atoms. The Labute approximate surface area is 109 Å². The van der Waals surface area contributed by atoms with Gasteiger partial charge in [-0.25, -0.2) is 0 Å². The normalized spacial score (nSPS) is 22.5. The van der Waals surface area contributed by atoms with Gasteiger partial charge in [-0.15, -0.1) is 11.3 Å². The zero-order valence-electron chi connectivity index (χ0n) is 10.4. The molecule has 17 heavy (non-hydrogen) atoms. The molecule has 1 fully saturated rings. The van der Waals surface area contributed by atoms with Crippen molar-refractivity contribution in [2.75, 3.05) is 24.6 Å². The Hall–Kier alpha value is -0.230. The zero-order chi connectivity index (χ0) is 12.4. The summed E-state index contributed by atoms with van der Waals surface area (Å²) in [5.41, 5.74) is 6.13. The van der Waals surface area contributed by atoms with Crippen molar-refractivity contribution in [2.24, 2.45) is 5.73 Å². The molecule has 0 saturated carbocycles. The molecule has 1 aliphatic heterocycles. The predicted molar refractivity (Wildman–Crippen MR) is 74.9 cm³/mol. The molecule has 0 aromatic carbocycles. The van der Waals surface area contributed by atoms with Gasteiger partial charge in [0.25, 0.3) is 0 Å². The summed E-state index contributed by atoms with van der Waals surface area (Å²) >= 11 is 1.82. The summed E-state index contributed by atoms with van der Waals surface area (Å²) in [5, 5.41) is 0. The first-order valence-corrected chi connectivity index (χ1v) is 8.29. The Balaban J connectivity index is 2.15. The molecule has 2 rings (SSSR count). The molecule has 2 unspecified atom stereocenters. The van der Waals surface area contributed by atoms with Gasteiger partial charge in [-0.2, -0.15) is 0 Å². The van der Waals surface area contributed by atoms with Crippen LogP contribution in [0.5, 0.6) is 0 Å². The summed E-state index contributed by atoms with van der Waals surface area (Å²) in [6.45, 7) is 5.98. The van der Waals surface area contributed by atoms with Crippen LogP contribution in [0.2, 0.25) is 0 Å². The van der Waals surface area contributed by atoms with Crippen molar-refractivity contribution < 1.29 is 4.21 Å². The van der Waals surface area contributed by atoms with Gasteiger partial charge in [-0.05, 0) is 26.0 Å². The topological polar surface area (TPSA) is 46.3 Å². The first-order valence-electron chi connectivity index (χ1n) is 5.99. The van der Waals surface area contributed by atoms with E-state index >= 15 is 0 Å². The fourth-order valence-electron chi connectivity index (χ4n) is 2.31. The molecule has 0 amide bonds. The van der Waals surface area contributed by atoms with E-state index in [1.165, 1.54) is 9.75 Å². The highest BCUT2D eigenvalue weighted by Gasteiger charge is 2.28. The molecule has 1 aliphatic rings. The van der Waals surface area contributed by atoms with Gasteiger partial charge in [0.15, 0.2) is 0 Å². The molecule has 2 atom stereocenters. The summed E-state index contributed by atoms with van der Waals surface area (Å²) in [4.78, 5) is 5.05. The standard InChI is InChI=1S/C12H20N2OS2/c1-9-3-4-11(16-9)12(10(2)13)14-5-7-17(15)8-6-14/h3-4,10,12H,5-8,13H2,1-2H3. The smallest absolute Gasteiger partial charge is 0.0591 e. The third-order valence-corrected chi connectivity index (χ3v) is 5.50. The summed E-state index contributed by atoms with van der Waals surface area (Å²) in [5.74, 6) is 1.57. The number of hydrogen-bond donors (Lipinski definition) is 1. The summed E-state index contributed by atoms with van der Waals surface area (Å²) in [7, 11) is -0.621. The number of aryl methyl sites for hydroxylation is 1. The molecule has 2 N–H and O–H groups in total. The highest BCUT2D eigenvalue weighted by atomic mass is 32.2. The summed E-state index contributed by atoms with van der Waals surface area (Å²) in [6.07, 6.45) is 0. The van der Waals surface area contributed by atoms with Crippen LogP contribution in [0.3, 0.4) is 0 Å². The molecular weight excluding hydrogens is 252 g/mol. The van der Waals surface area contributed by atoms with Crippen LogP contribution < -0.4 is 5.73 Å². The summed E-state index contributed by atoms with van der Waals surface area (Å²) < 4.78 is 11.4. The molecule has 0 spiro atoms. The predicted octanol–water partition coefficient (Wildman–Crippen LogP) is 1.51. The molecule has 96 valence electrons. The van der Waals surface area contributed by atoms with Gasteiger partial charge in [0.2, 0.25) is 0 Å². The Morgan fingerprint density at radius 2 is 2.06 bits per heavy atom. The van der Waals surface area contributed by atoms with E-state index in [0.29, 0.717) is 0 Å². The average Bonchev–Trinajstić information content (AvgIpc) is 2.68. The van der Waals surface area contributed by atoms with Crippen molar-refractivity contribution in [3.05, 3.63) is 21.9 Å². The largest absolute Gasteiger partial charge is 0.326 e. The van der Waals surface area contributed by atoms with E-state index in [2.05, 4.69) is 30.9 Å². The maximum absolute atomic E-state index is 11.4. The number of rotatable bonds is 3. The maximum atomic E-state index is 11.4. The lowest BCUT2D eigenvalue weighted by Gasteiger charge is -2.35. The summed E-state index contributed by atoms with van der Waals surface area (Å²) in [6, 6.07) is 4.72. The van der Waals surface area contributed by atoms with Crippen LogP contribution in [-0.2, 0) is 10.8 Å². The lowest BCUT2D eigenvalue weighted by molar-refractivity contribution is 0.196. The van der Waals surface area contributed by atoms with Crippen LogP contribution in [0.1, 0.15) is 22.7 Å². The Morgan fingerprint density at radius 1 is 1.41 bits per heavy atom. The molecule has 1 aromatic heterocycles. The van der Waals surface area contributed by atoms with Gasteiger partial charge in [-0.1, -0.05) is 0 Å². The van der Waals surface area contributed by atoms with Crippen LogP contribution in [0.25, 0.3) is 0 Å². The second kappa shape index (κ2) is 5.61. The van der Waals surface area contributed by atoms with Gasteiger partial charge in [0, 0.05) is 51.2 Å². The first-order chi connectivity index (χ1) is 8.08. The SMILES string of the molecule is Cc1ccc(C(C(C)N)N2CCS(=O)CC2)s1. The van der Waals surface area contributed by atoms with Gasteiger partial charge >= 0.3 is 0 Å². The minimum Gasteiger partial charge on any atom is -0.326 e. The fourth-order valence-corrected chi connectivity index (χ4v) is 4.52. The van der Waals surface area contributed by atoms with Gasteiger partial charge in [0.1, 0.15) is 0 Å². The second-order valence-electron chi connectivity index (χ2n) is 4.64. The number of hydrogen-bond acceptors (Lipinski definition) is 4. The van der Waals surface area contributed by atoms with Crippen LogP contribution >= 0.6 is 11.3 Å². The van der Waals surface area contributed by atoms with E-state index in [4.69, 9.17) is 5.73 Å². The minimum absolute atomic E-state index is 0.111. The molecule has 0 aliphatic carbocycles. The Morgan fingerprint density at radius 3 is 2.53 bits per heavy atom. The van der Waals surface area contributed by atoms with Crippen molar-refractivity contribution in [2.45, 2.75) is 25.9 Å². The molecule has 0 radical (unpaired) electrons. The monoisotopic (exact) mass is 272 g/mol. The number of thiophene rings is 1. The van der Waals surface area contributed by atoms with Gasteiger partial charge in [0.05, 0.1) is 6.04 Å². The van der Waals surface area contributed by atoms with Crippen molar-refractivity contribution >= 4 is 22.1 Å². The Bertz CT molecular complexity index is 393. The van der Waals surface area contributed by atoms with Crippen molar-refractivity contribution in [1.29, 1.82) is 0 Å². The van der Waals surface area contributed by atoms with Gasteiger partial charge < -0.3 is 5.73 Å². The van der Waals surface area contributed by atoms with Crippen LogP contribution in [0, 0.1) is 6.92 Å². The second-order valence-corrected chi connectivity index (χ2v) is 7.65. The first kappa shape index (κ1) is 13.2. The minimum atomic E-state index is -0.621. The quantitative estimate of drug-likeness (QED) is 0.907. The van der Waals surface area contributed by atoms with Crippen molar-refractivity contribution in [1.82, 2.24) is 4.90 Å². The van der Waals surface area contributed by atoms with Crippen LogP contribution in [0.15, 0.2) is 12.1 Å². The molecule has 1 aromatic rings. The van der Waals surface area contributed by atoms with E-state index in [9.17, 15) is 4.21 Å². The molecule has 1 saturated heterocycles. The lowest BCUT2D eigenvalue weighted by Crippen LogP contribution is -2.45. The molecule has 2 heterocycles. The van der Waals surface area contributed by atoms with Crippen LogP contribution in [0.4, 0.5) is 0 Å². The van der Waals surface area contributed by atoms with E-state index in [0.717, 1.165) is 24.6 Å². The van der Waals surface area contributed by atoms with E-state index in [1.54, 1.807) is 0 Å². The van der Waals surface area contributed by atoms with Crippen molar-refractivity contribution in [3.63, 3.8) is 0 Å². The third-order valence-electron chi connectivity index (χ3n) is 3.16. The van der Waals surface area contributed by atoms with E-state index in [1.807, 2.05) is 11.3 Å². The highest BCUT2D eigenvalue weighted by molar-refractivity contribution is 7.85.